The van der Waals surface area contributed by atoms with E-state index in [2.05, 4.69) is 16.4 Å². The summed E-state index contributed by atoms with van der Waals surface area (Å²) in [5.74, 6) is 0. The normalized spacial score (nSPS) is 10.7. The average Bonchev–Trinajstić information content (AvgIpc) is 2.97. The van der Waals surface area contributed by atoms with Gasteiger partial charge in [0.25, 0.3) is 0 Å². The number of nitriles is 1. The molecule has 0 bridgehead atoms. The second-order valence-electron chi connectivity index (χ2n) is 4.88. The van der Waals surface area contributed by atoms with Crippen molar-refractivity contribution >= 4 is 12.2 Å². The van der Waals surface area contributed by atoms with E-state index in [1.54, 1.807) is 4.68 Å². The van der Waals surface area contributed by atoms with Crippen molar-refractivity contribution in [3.8, 4) is 11.8 Å². The Bertz CT molecular complexity index is 854. The van der Waals surface area contributed by atoms with Gasteiger partial charge in [0.1, 0.15) is 11.8 Å². The zero-order chi connectivity index (χ0) is 15.4. The highest BCUT2D eigenvalue weighted by molar-refractivity contribution is 5.71. The van der Waals surface area contributed by atoms with Gasteiger partial charge in [0.05, 0.1) is 5.69 Å². The lowest BCUT2D eigenvalue weighted by molar-refractivity contribution is 0.793. The number of aromatic nitrogens is 3. The van der Waals surface area contributed by atoms with E-state index in [1.165, 1.54) is 0 Å². The Morgan fingerprint density at radius 2 is 1.73 bits per heavy atom. The number of aryl methyl sites for hydroxylation is 1. The van der Waals surface area contributed by atoms with Crippen LogP contribution in [0.4, 0.5) is 0 Å². The minimum absolute atomic E-state index is 0.315. The maximum absolute atomic E-state index is 9.25. The molecule has 4 nitrogen and oxygen atoms in total. The van der Waals surface area contributed by atoms with Crippen molar-refractivity contribution in [3.63, 3.8) is 0 Å². The van der Waals surface area contributed by atoms with E-state index in [9.17, 15) is 5.26 Å². The predicted molar refractivity (Wildman–Crippen MR) is 86.2 cm³/mol. The molecule has 0 radical (unpaired) electrons. The van der Waals surface area contributed by atoms with Crippen LogP contribution >= 0.6 is 0 Å². The fourth-order valence-electron chi connectivity index (χ4n) is 2.24. The summed E-state index contributed by atoms with van der Waals surface area (Å²) >= 11 is 0. The standard InChI is InChI=1S/C18H14N4/c1-14-7-5-6-10-17(14)22-18(16(13-19)20-21-22)12-11-15-8-3-2-4-9-15/h2-12H,1H3/b12-11+. The van der Waals surface area contributed by atoms with Crippen molar-refractivity contribution in [1.29, 1.82) is 5.26 Å². The van der Waals surface area contributed by atoms with Crippen molar-refractivity contribution in [2.45, 2.75) is 6.92 Å². The van der Waals surface area contributed by atoms with Crippen LogP contribution in [0, 0.1) is 18.3 Å². The lowest BCUT2D eigenvalue weighted by Crippen LogP contribution is -2.01. The van der Waals surface area contributed by atoms with E-state index in [0.29, 0.717) is 11.4 Å². The molecule has 22 heavy (non-hydrogen) atoms. The predicted octanol–water partition coefficient (Wildman–Crippen LogP) is 3.62. The van der Waals surface area contributed by atoms with E-state index < -0.39 is 0 Å². The summed E-state index contributed by atoms with van der Waals surface area (Å²) < 4.78 is 1.70. The van der Waals surface area contributed by atoms with Gasteiger partial charge in [-0.1, -0.05) is 59.8 Å². The summed E-state index contributed by atoms with van der Waals surface area (Å²) in [6.07, 6.45) is 3.83. The summed E-state index contributed by atoms with van der Waals surface area (Å²) in [5.41, 5.74) is 4.05. The minimum Gasteiger partial charge on any atom is -0.212 e. The van der Waals surface area contributed by atoms with E-state index in [-0.39, 0.29) is 0 Å². The first-order valence-electron chi connectivity index (χ1n) is 6.94. The summed E-state index contributed by atoms with van der Waals surface area (Å²) in [5, 5.41) is 17.3. The van der Waals surface area contributed by atoms with Gasteiger partial charge < -0.3 is 0 Å². The highest BCUT2D eigenvalue weighted by Gasteiger charge is 2.12. The molecule has 3 rings (SSSR count). The zero-order valence-corrected chi connectivity index (χ0v) is 12.1. The van der Waals surface area contributed by atoms with Crippen LogP contribution in [0.3, 0.4) is 0 Å². The van der Waals surface area contributed by atoms with Gasteiger partial charge in [-0.15, -0.1) is 5.10 Å². The Morgan fingerprint density at radius 3 is 2.45 bits per heavy atom. The van der Waals surface area contributed by atoms with Gasteiger partial charge in [-0.25, -0.2) is 4.68 Å². The van der Waals surface area contributed by atoms with E-state index in [1.807, 2.05) is 73.7 Å². The average molecular weight is 286 g/mol. The lowest BCUT2D eigenvalue weighted by atomic mass is 10.1. The summed E-state index contributed by atoms with van der Waals surface area (Å²) in [6, 6.07) is 19.9. The second kappa shape index (κ2) is 6.06. The van der Waals surface area contributed by atoms with E-state index in [4.69, 9.17) is 0 Å². The SMILES string of the molecule is Cc1ccccc1-n1nnc(C#N)c1/C=C/c1ccccc1. The van der Waals surface area contributed by atoms with Gasteiger partial charge in [-0.2, -0.15) is 5.26 Å². The quantitative estimate of drug-likeness (QED) is 0.739. The summed E-state index contributed by atoms with van der Waals surface area (Å²) in [4.78, 5) is 0. The smallest absolute Gasteiger partial charge is 0.190 e. The van der Waals surface area contributed by atoms with Crippen LogP contribution in [0.1, 0.15) is 22.5 Å². The molecule has 3 aromatic rings. The highest BCUT2D eigenvalue weighted by Crippen LogP contribution is 2.18. The van der Waals surface area contributed by atoms with Gasteiger partial charge in [0.15, 0.2) is 5.69 Å². The number of hydrogen-bond acceptors (Lipinski definition) is 3. The molecule has 0 atom stereocenters. The first-order valence-corrected chi connectivity index (χ1v) is 6.94. The Morgan fingerprint density at radius 1 is 1.00 bits per heavy atom. The molecule has 0 aliphatic carbocycles. The molecule has 0 spiro atoms. The summed E-state index contributed by atoms with van der Waals surface area (Å²) in [6.45, 7) is 2.01. The zero-order valence-electron chi connectivity index (χ0n) is 12.1. The van der Waals surface area contributed by atoms with Crippen LogP contribution < -0.4 is 0 Å². The van der Waals surface area contributed by atoms with Crippen molar-refractivity contribution < 1.29 is 0 Å². The Labute approximate surface area is 129 Å². The molecule has 1 aromatic heterocycles. The van der Waals surface area contributed by atoms with Crippen molar-refractivity contribution in [2.75, 3.05) is 0 Å². The first kappa shape index (κ1) is 13.8. The Balaban J connectivity index is 2.08. The molecule has 0 unspecified atom stereocenters. The maximum Gasteiger partial charge on any atom is 0.190 e. The minimum atomic E-state index is 0.315. The van der Waals surface area contributed by atoms with Gasteiger partial charge in [-0.05, 0) is 30.2 Å². The van der Waals surface area contributed by atoms with Crippen LogP contribution in [0.5, 0.6) is 0 Å². The second-order valence-corrected chi connectivity index (χ2v) is 4.88. The number of rotatable bonds is 3. The number of para-hydroxylation sites is 1. The fraction of sp³-hybridized carbons (Fsp3) is 0.0556. The molecule has 0 saturated heterocycles. The van der Waals surface area contributed by atoms with Crippen LogP contribution in [0.15, 0.2) is 54.6 Å². The highest BCUT2D eigenvalue weighted by atomic mass is 15.4. The lowest BCUT2D eigenvalue weighted by Gasteiger charge is -2.06. The van der Waals surface area contributed by atoms with Gasteiger partial charge in [-0.3, -0.25) is 0 Å². The third kappa shape index (κ3) is 2.65. The Kier molecular flexibility index (Phi) is 3.80. The molecule has 0 fully saturated rings. The Hall–Kier alpha value is -3.19. The van der Waals surface area contributed by atoms with Crippen molar-refractivity contribution in [3.05, 3.63) is 77.1 Å². The fourth-order valence-corrected chi connectivity index (χ4v) is 2.24. The van der Waals surface area contributed by atoms with Crippen molar-refractivity contribution in [1.82, 2.24) is 15.0 Å². The van der Waals surface area contributed by atoms with Crippen molar-refractivity contribution in [2.24, 2.45) is 0 Å². The molecule has 2 aromatic carbocycles. The van der Waals surface area contributed by atoms with Gasteiger partial charge in [0, 0.05) is 0 Å². The van der Waals surface area contributed by atoms with Crippen LogP contribution in [0.25, 0.3) is 17.8 Å². The molecule has 0 saturated carbocycles. The molecule has 1 heterocycles. The van der Waals surface area contributed by atoms with Crippen LogP contribution in [-0.4, -0.2) is 15.0 Å². The molecule has 106 valence electrons. The van der Waals surface area contributed by atoms with E-state index >= 15 is 0 Å². The third-order valence-electron chi connectivity index (χ3n) is 3.39. The number of hydrogen-bond donors (Lipinski definition) is 0. The third-order valence-corrected chi connectivity index (χ3v) is 3.39. The van der Waals surface area contributed by atoms with Crippen LogP contribution in [-0.2, 0) is 0 Å². The monoisotopic (exact) mass is 286 g/mol. The largest absolute Gasteiger partial charge is 0.212 e. The van der Waals surface area contributed by atoms with Gasteiger partial charge >= 0.3 is 0 Å². The van der Waals surface area contributed by atoms with E-state index in [0.717, 1.165) is 16.8 Å². The van der Waals surface area contributed by atoms with Crippen LogP contribution in [0.2, 0.25) is 0 Å². The molecular formula is C18H14N4. The van der Waals surface area contributed by atoms with Gasteiger partial charge in [0.2, 0.25) is 0 Å². The number of benzene rings is 2. The number of nitrogens with zero attached hydrogens (tertiary/aromatic N) is 4. The molecule has 4 heteroatoms. The molecular weight excluding hydrogens is 272 g/mol. The molecule has 0 aliphatic heterocycles. The molecule has 0 N–H and O–H groups in total. The summed E-state index contributed by atoms with van der Waals surface area (Å²) in [7, 11) is 0. The topological polar surface area (TPSA) is 54.5 Å². The molecule has 0 aliphatic rings. The molecule has 0 amide bonds. The first-order chi connectivity index (χ1) is 10.8. The maximum atomic E-state index is 9.25.